The van der Waals surface area contributed by atoms with Crippen molar-refractivity contribution in [2.75, 3.05) is 19.8 Å². The van der Waals surface area contributed by atoms with Gasteiger partial charge in [-0.2, -0.15) is 13.9 Å². The number of nitrogens with zero attached hydrogens (tertiary/aromatic N) is 1. The number of aromatic nitrogens is 1. The minimum Gasteiger partial charge on any atom is -0.461 e. The number of ether oxygens (including phenoxy) is 1. The third-order valence-corrected chi connectivity index (χ3v) is 5.76. The van der Waals surface area contributed by atoms with Crippen molar-refractivity contribution in [2.24, 2.45) is 12.8 Å². The first kappa shape index (κ1) is 19.2. The first-order chi connectivity index (χ1) is 12.4. The number of nitrogens with two attached hydrogens (primary N) is 1. The summed E-state index contributed by atoms with van der Waals surface area (Å²) < 4.78 is 22.7. The summed E-state index contributed by atoms with van der Waals surface area (Å²) in [6.45, 7) is 2.06. The second-order valence-corrected chi connectivity index (χ2v) is 7.80. The lowest BCUT2D eigenvalue weighted by atomic mass is 10.1. The number of carbonyl (C=O) groups excluding carboxylic acids is 1. The highest BCUT2D eigenvalue weighted by Gasteiger charge is 2.54. The second kappa shape index (κ2) is 8.00. The predicted octanol–water partition coefficient (Wildman–Crippen LogP) is 1.71. The van der Waals surface area contributed by atoms with Gasteiger partial charge in [-0.3, -0.25) is 4.79 Å². The van der Waals surface area contributed by atoms with Gasteiger partial charge in [0.05, 0.1) is 6.61 Å². The van der Waals surface area contributed by atoms with E-state index < -0.39 is 26.3 Å². The molecule has 26 heavy (non-hydrogen) atoms. The average molecular weight is 383 g/mol. The van der Waals surface area contributed by atoms with Gasteiger partial charge < -0.3 is 15.0 Å². The highest BCUT2D eigenvalue weighted by Crippen LogP contribution is 2.62. The summed E-state index contributed by atoms with van der Waals surface area (Å²) in [6.07, 6.45) is 1.78. The van der Waals surface area contributed by atoms with Gasteiger partial charge in [-0.15, -0.1) is 4.52 Å². The molecule has 142 valence electrons. The molecule has 3 atom stereocenters. The molecular weight excluding hydrogens is 359 g/mol. The normalized spacial score (nSPS) is 24.1. The third kappa shape index (κ3) is 4.23. The molecule has 1 fully saturated rings. The number of aryl methyl sites for hydroxylation is 1. The number of fused-ring (bicyclic) bond motifs is 1. The fourth-order valence-electron chi connectivity index (χ4n) is 2.93. The van der Waals surface area contributed by atoms with E-state index in [0.717, 1.165) is 16.5 Å². The molecule has 2 aromatic rings. The molecule has 1 aliphatic heterocycles. The largest absolute Gasteiger partial charge is 0.573 e. The molecule has 2 heterocycles. The van der Waals surface area contributed by atoms with Crippen LogP contribution in [0.1, 0.15) is 12.5 Å². The molecule has 1 aliphatic rings. The molecular formula is C17H24N2O6P+. The number of esters is 1. The second-order valence-electron chi connectivity index (χ2n) is 6.13. The van der Waals surface area contributed by atoms with Crippen LogP contribution in [0.4, 0.5) is 0 Å². The topological polar surface area (TPSA) is 105 Å². The number of para-hydroxylation sites is 1. The van der Waals surface area contributed by atoms with Crippen LogP contribution in [-0.2, 0) is 36.6 Å². The Balaban J connectivity index is 1.54. The van der Waals surface area contributed by atoms with Crippen molar-refractivity contribution in [3.63, 3.8) is 0 Å². The fourth-order valence-corrected chi connectivity index (χ4v) is 4.30. The van der Waals surface area contributed by atoms with Crippen LogP contribution in [0.3, 0.4) is 0 Å². The van der Waals surface area contributed by atoms with Crippen LogP contribution in [0.15, 0.2) is 30.5 Å². The molecule has 0 saturated carbocycles. The van der Waals surface area contributed by atoms with Gasteiger partial charge in [-0.25, -0.2) is 0 Å². The Bertz CT molecular complexity index is 782. The Hall–Kier alpha value is -1.54. The van der Waals surface area contributed by atoms with Crippen molar-refractivity contribution in [3.05, 3.63) is 36.0 Å². The van der Waals surface area contributed by atoms with Gasteiger partial charge >= 0.3 is 14.1 Å². The molecule has 0 bridgehead atoms. The summed E-state index contributed by atoms with van der Waals surface area (Å²) in [5, 5.41) is 1.07. The van der Waals surface area contributed by atoms with Gasteiger partial charge in [-0.05, 0) is 18.6 Å². The molecule has 1 saturated heterocycles. The Kier molecular flexibility index (Phi) is 5.92. The summed E-state index contributed by atoms with van der Waals surface area (Å²) in [4.78, 5) is 22.1. The lowest BCUT2D eigenvalue weighted by Crippen LogP contribution is -2.36. The van der Waals surface area contributed by atoms with E-state index in [1.54, 1.807) is 6.92 Å². The standard InChI is InChI=1S/C17H24N2O6P/c1-3-23-26(21)24-11-13(25-26)10-22-17(20)15(18)8-12-9-19(2)16-7-5-4-6-14(12)16/h4-7,9,13,15,21H,3,8,10-11,18H2,1-2H3/q+1/t13?,15-,26?/m1/s1. The van der Waals surface area contributed by atoms with E-state index in [9.17, 15) is 9.69 Å². The summed E-state index contributed by atoms with van der Waals surface area (Å²) in [6, 6.07) is 7.16. The van der Waals surface area contributed by atoms with E-state index >= 15 is 0 Å². The van der Waals surface area contributed by atoms with Crippen LogP contribution >= 0.6 is 8.17 Å². The first-order valence-electron chi connectivity index (χ1n) is 8.46. The molecule has 1 aromatic heterocycles. The zero-order chi connectivity index (χ0) is 18.7. The van der Waals surface area contributed by atoms with Crippen molar-refractivity contribution in [2.45, 2.75) is 25.5 Å². The molecule has 0 spiro atoms. The third-order valence-electron chi connectivity index (χ3n) is 4.13. The van der Waals surface area contributed by atoms with Crippen molar-refractivity contribution in [3.8, 4) is 0 Å². The zero-order valence-corrected chi connectivity index (χ0v) is 15.7. The lowest BCUT2D eigenvalue weighted by Gasteiger charge is -2.12. The highest BCUT2D eigenvalue weighted by molar-refractivity contribution is 7.55. The molecule has 9 heteroatoms. The number of benzene rings is 1. The van der Waals surface area contributed by atoms with Gasteiger partial charge in [0, 0.05) is 30.6 Å². The maximum absolute atomic E-state index is 12.2. The van der Waals surface area contributed by atoms with E-state index in [2.05, 4.69) is 0 Å². The minimum absolute atomic E-state index is 0.0442. The minimum atomic E-state index is -3.26. The summed E-state index contributed by atoms with van der Waals surface area (Å²) >= 11 is 0. The van der Waals surface area contributed by atoms with Gasteiger partial charge in [0.25, 0.3) is 0 Å². The Morgan fingerprint density at radius 2 is 2.27 bits per heavy atom. The number of hydrogen-bond acceptors (Lipinski definition) is 7. The summed E-state index contributed by atoms with van der Waals surface area (Å²) in [7, 11) is -1.31. The molecule has 1 aromatic carbocycles. The number of hydrogen-bond donors (Lipinski definition) is 2. The van der Waals surface area contributed by atoms with Crippen LogP contribution in [-0.4, -0.2) is 47.4 Å². The average Bonchev–Trinajstić information content (AvgIpc) is 3.14. The molecule has 0 aliphatic carbocycles. The Morgan fingerprint density at radius 1 is 1.50 bits per heavy atom. The van der Waals surface area contributed by atoms with E-state index in [-0.39, 0.29) is 19.8 Å². The highest BCUT2D eigenvalue weighted by atomic mass is 31.2. The fraction of sp³-hybridized carbons (Fsp3) is 0.471. The monoisotopic (exact) mass is 383 g/mol. The van der Waals surface area contributed by atoms with E-state index in [1.165, 1.54) is 0 Å². The molecule has 3 rings (SSSR count). The molecule has 0 radical (unpaired) electrons. The maximum Gasteiger partial charge on any atom is 0.573 e. The Morgan fingerprint density at radius 3 is 3.04 bits per heavy atom. The van der Waals surface area contributed by atoms with Gasteiger partial charge in [0.1, 0.15) is 19.3 Å². The maximum atomic E-state index is 12.2. The zero-order valence-electron chi connectivity index (χ0n) is 14.8. The van der Waals surface area contributed by atoms with Crippen molar-refractivity contribution in [1.29, 1.82) is 0 Å². The van der Waals surface area contributed by atoms with Crippen molar-refractivity contribution in [1.82, 2.24) is 4.57 Å². The number of rotatable bonds is 7. The molecule has 3 N–H and O–H groups in total. The molecule has 0 amide bonds. The molecule has 2 unspecified atom stereocenters. The summed E-state index contributed by atoms with van der Waals surface area (Å²) in [5.74, 6) is -0.522. The van der Waals surface area contributed by atoms with Crippen molar-refractivity contribution < 1.29 is 28.0 Å². The van der Waals surface area contributed by atoms with Crippen LogP contribution in [0, 0.1) is 0 Å². The summed E-state index contributed by atoms with van der Waals surface area (Å²) in [5.41, 5.74) is 8.08. The van der Waals surface area contributed by atoms with Crippen LogP contribution in [0.25, 0.3) is 10.9 Å². The van der Waals surface area contributed by atoms with Gasteiger partial charge in [0.2, 0.25) is 0 Å². The van der Waals surface area contributed by atoms with Crippen molar-refractivity contribution >= 4 is 25.0 Å². The smallest absolute Gasteiger partial charge is 0.461 e. The number of carbonyl (C=O) groups is 1. The quantitative estimate of drug-likeness (QED) is 0.554. The SMILES string of the molecule is CCO[P+]1(O)OCC(COC(=O)[C@H](N)Cc2cn(C)c3ccccc23)O1. The van der Waals surface area contributed by atoms with Crippen LogP contribution < -0.4 is 5.73 Å². The predicted molar refractivity (Wildman–Crippen MR) is 97.1 cm³/mol. The van der Waals surface area contributed by atoms with Gasteiger partial charge in [0.15, 0.2) is 6.10 Å². The van der Waals surface area contributed by atoms with Crippen LogP contribution in [0.2, 0.25) is 0 Å². The lowest BCUT2D eigenvalue weighted by molar-refractivity contribution is -0.147. The van der Waals surface area contributed by atoms with E-state index in [1.807, 2.05) is 42.1 Å². The van der Waals surface area contributed by atoms with E-state index in [4.69, 9.17) is 24.0 Å². The molecule has 8 nitrogen and oxygen atoms in total. The van der Waals surface area contributed by atoms with Gasteiger partial charge in [-0.1, -0.05) is 18.2 Å². The first-order valence-corrected chi connectivity index (χ1v) is 9.96. The van der Waals surface area contributed by atoms with Crippen LogP contribution in [0.5, 0.6) is 0 Å². The Labute approximate surface area is 152 Å². The van der Waals surface area contributed by atoms with E-state index in [0.29, 0.717) is 6.42 Å².